The van der Waals surface area contributed by atoms with Gasteiger partial charge in [-0.25, -0.2) is 9.37 Å². The molecule has 32 heavy (non-hydrogen) atoms. The lowest BCUT2D eigenvalue weighted by Crippen LogP contribution is -2.38. The van der Waals surface area contributed by atoms with Gasteiger partial charge < -0.3 is 19.9 Å². The minimum Gasteiger partial charge on any atom is -0.493 e. The van der Waals surface area contributed by atoms with Crippen molar-refractivity contribution in [1.82, 2.24) is 20.2 Å². The number of ether oxygens (including phenoxy) is 1. The van der Waals surface area contributed by atoms with Crippen LogP contribution in [0.2, 0.25) is 0 Å². The number of hydrogen-bond donors (Lipinski definition) is 2. The zero-order valence-corrected chi connectivity index (χ0v) is 19.8. The number of amides is 1. The van der Waals surface area contributed by atoms with Gasteiger partial charge in [-0.2, -0.15) is 11.8 Å². The van der Waals surface area contributed by atoms with E-state index in [9.17, 15) is 14.0 Å². The standard InChI is InChI=1S/C22H29FN4O3S.ClH/c1-14(28)27-8-4-15(5-9-27)12-30-16-10-18(23)21-19(11-16)25-20(26-22(21)29)13-31-17-2-6-24-7-3-17;/h10-11,15,17,24H,2-9,12-13H2,1H3,(H,25,26,29);1H. The van der Waals surface area contributed by atoms with Gasteiger partial charge in [0.1, 0.15) is 22.8 Å². The van der Waals surface area contributed by atoms with Gasteiger partial charge in [0.25, 0.3) is 5.56 Å². The minimum absolute atomic E-state index is 0. The summed E-state index contributed by atoms with van der Waals surface area (Å²) in [5.74, 6) is 1.34. The summed E-state index contributed by atoms with van der Waals surface area (Å²) < 4.78 is 20.5. The maximum Gasteiger partial charge on any atom is 0.261 e. The highest BCUT2D eigenvalue weighted by Crippen LogP contribution is 2.26. The van der Waals surface area contributed by atoms with Gasteiger partial charge in [0.05, 0.1) is 17.9 Å². The number of rotatable bonds is 6. The van der Waals surface area contributed by atoms with Gasteiger partial charge in [0.2, 0.25) is 5.91 Å². The van der Waals surface area contributed by atoms with E-state index in [4.69, 9.17) is 4.74 Å². The van der Waals surface area contributed by atoms with E-state index in [1.807, 2.05) is 4.90 Å². The Labute approximate surface area is 197 Å². The molecule has 0 atom stereocenters. The molecular weight excluding hydrogens is 455 g/mol. The van der Waals surface area contributed by atoms with Gasteiger partial charge in [-0.1, -0.05) is 0 Å². The molecule has 0 radical (unpaired) electrons. The maximum atomic E-state index is 14.6. The molecule has 2 fully saturated rings. The molecule has 0 spiro atoms. The summed E-state index contributed by atoms with van der Waals surface area (Å²) in [6.07, 6.45) is 3.93. The topological polar surface area (TPSA) is 87.3 Å². The molecule has 1 aromatic carbocycles. The molecule has 1 aromatic heterocycles. The van der Waals surface area contributed by atoms with E-state index in [1.165, 1.54) is 6.07 Å². The molecular formula is C22H30ClFN4O3S. The largest absolute Gasteiger partial charge is 0.493 e. The number of nitrogens with one attached hydrogen (secondary N) is 2. The molecule has 176 valence electrons. The summed E-state index contributed by atoms with van der Waals surface area (Å²) in [4.78, 5) is 33.0. The van der Waals surface area contributed by atoms with Gasteiger partial charge in [-0.15, -0.1) is 12.4 Å². The summed E-state index contributed by atoms with van der Waals surface area (Å²) in [6, 6.07) is 2.91. The number of hydrogen-bond acceptors (Lipinski definition) is 6. The first-order valence-electron chi connectivity index (χ1n) is 10.9. The smallest absolute Gasteiger partial charge is 0.261 e. The monoisotopic (exact) mass is 484 g/mol. The van der Waals surface area contributed by atoms with Crippen LogP contribution in [0.1, 0.15) is 38.4 Å². The van der Waals surface area contributed by atoms with Crippen molar-refractivity contribution >= 4 is 41.0 Å². The quantitative estimate of drug-likeness (QED) is 0.655. The summed E-state index contributed by atoms with van der Waals surface area (Å²) in [6.45, 7) is 5.52. The molecule has 2 aliphatic rings. The van der Waals surface area contributed by atoms with E-state index in [0.717, 1.165) is 51.9 Å². The van der Waals surface area contributed by atoms with E-state index in [1.54, 1.807) is 24.8 Å². The number of aromatic nitrogens is 2. The second-order valence-corrected chi connectivity index (χ2v) is 9.62. The molecule has 2 N–H and O–H groups in total. The zero-order chi connectivity index (χ0) is 21.8. The van der Waals surface area contributed by atoms with E-state index in [0.29, 0.717) is 40.6 Å². The molecule has 1 amide bonds. The number of H-pyrrole nitrogens is 1. The van der Waals surface area contributed by atoms with Crippen LogP contribution in [0.5, 0.6) is 5.75 Å². The van der Waals surface area contributed by atoms with Crippen LogP contribution < -0.4 is 15.6 Å². The summed E-state index contributed by atoms with van der Waals surface area (Å²) in [5, 5.41) is 3.86. The van der Waals surface area contributed by atoms with Gasteiger partial charge in [-0.05, 0) is 44.7 Å². The average molecular weight is 485 g/mol. The van der Waals surface area contributed by atoms with Crippen LogP contribution in [0.3, 0.4) is 0 Å². The van der Waals surface area contributed by atoms with Crippen LogP contribution in [-0.2, 0) is 10.5 Å². The number of nitrogens with zero attached hydrogens (tertiary/aromatic N) is 2. The molecule has 2 aliphatic heterocycles. The van der Waals surface area contributed by atoms with E-state index in [2.05, 4.69) is 15.3 Å². The Morgan fingerprint density at radius 3 is 2.66 bits per heavy atom. The van der Waals surface area contributed by atoms with Crippen molar-refractivity contribution in [2.75, 3.05) is 32.8 Å². The molecule has 0 aliphatic carbocycles. The Balaban J connectivity index is 0.00000289. The van der Waals surface area contributed by atoms with Crippen molar-refractivity contribution in [3.63, 3.8) is 0 Å². The van der Waals surface area contributed by atoms with Crippen molar-refractivity contribution in [1.29, 1.82) is 0 Å². The van der Waals surface area contributed by atoms with E-state index in [-0.39, 0.29) is 23.7 Å². The highest BCUT2D eigenvalue weighted by molar-refractivity contribution is 7.99. The molecule has 10 heteroatoms. The van der Waals surface area contributed by atoms with Crippen LogP contribution in [0, 0.1) is 11.7 Å². The van der Waals surface area contributed by atoms with Crippen LogP contribution in [0.4, 0.5) is 4.39 Å². The lowest BCUT2D eigenvalue weighted by Gasteiger charge is -2.31. The third-order valence-corrected chi connectivity index (χ3v) is 7.45. The van der Waals surface area contributed by atoms with Gasteiger partial charge in [0, 0.05) is 37.4 Å². The number of carbonyl (C=O) groups is 1. The lowest BCUT2D eigenvalue weighted by atomic mass is 9.98. The van der Waals surface area contributed by atoms with E-state index < -0.39 is 11.4 Å². The molecule has 0 bridgehead atoms. The normalized spacial score (nSPS) is 17.9. The Kier molecular flexibility index (Phi) is 8.79. The summed E-state index contributed by atoms with van der Waals surface area (Å²) >= 11 is 1.78. The second-order valence-electron chi connectivity index (χ2n) is 8.33. The summed E-state index contributed by atoms with van der Waals surface area (Å²) in [7, 11) is 0. The maximum absolute atomic E-state index is 14.6. The summed E-state index contributed by atoms with van der Waals surface area (Å²) in [5.41, 5.74) is -0.127. The fourth-order valence-corrected chi connectivity index (χ4v) is 5.29. The predicted octanol–water partition coefficient (Wildman–Crippen LogP) is 3.11. The van der Waals surface area contributed by atoms with Crippen LogP contribution in [0.15, 0.2) is 16.9 Å². The fraction of sp³-hybridized carbons (Fsp3) is 0.591. The number of piperidine rings is 2. The van der Waals surface area contributed by atoms with Crippen molar-refractivity contribution in [3.8, 4) is 5.75 Å². The number of carbonyl (C=O) groups excluding carboxylic acids is 1. The number of likely N-dealkylation sites (tertiary alicyclic amines) is 1. The molecule has 7 nitrogen and oxygen atoms in total. The predicted molar refractivity (Wildman–Crippen MR) is 127 cm³/mol. The minimum atomic E-state index is -0.620. The Morgan fingerprint density at radius 2 is 1.97 bits per heavy atom. The second kappa shape index (κ2) is 11.3. The first-order chi connectivity index (χ1) is 15.0. The first kappa shape index (κ1) is 24.8. The molecule has 0 unspecified atom stereocenters. The molecule has 3 heterocycles. The third-order valence-electron chi connectivity index (χ3n) is 6.07. The molecule has 2 saturated heterocycles. The van der Waals surface area contributed by atoms with E-state index >= 15 is 0 Å². The molecule has 0 saturated carbocycles. The van der Waals surface area contributed by atoms with Gasteiger partial charge in [-0.3, -0.25) is 9.59 Å². The number of benzene rings is 1. The van der Waals surface area contributed by atoms with Crippen LogP contribution in [-0.4, -0.2) is 58.8 Å². The van der Waals surface area contributed by atoms with Crippen molar-refractivity contribution in [3.05, 3.63) is 34.1 Å². The zero-order valence-electron chi connectivity index (χ0n) is 18.2. The lowest BCUT2D eigenvalue weighted by molar-refractivity contribution is -0.130. The Hall–Kier alpha value is -1.84. The van der Waals surface area contributed by atoms with Crippen molar-refractivity contribution in [2.24, 2.45) is 5.92 Å². The number of fused-ring (bicyclic) bond motifs is 1. The van der Waals surface area contributed by atoms with Crippen molar-refractivity contribution in [2.45, 2.75) is 43.6 Å². The number of halogens is 2. The van der Waals surface area contributed by atoms with Crippen LogP contribution in [0.25, 0.3) is 10.9 Å². The first-order valence-corrected chi connectivity index (χ1v) is 12.0. The Morgan fingerprint density at radius 1 is 1.25 bits per heavy atom. The Bertz CT molecular complexity index is 991. The van der Waals surface area contributed by atoms with Gasteiger partial charge >= 0.3 is 0 Å². The highest BCUT2D eigenvalue weighted by Gasteiger charge is 2.22. The number of thioether (sulfide) groups is 1. The molecule has 2 aromatic rings. The average Bonchev–Trinajstić information content (AvgIpc) is 2.77. The van der Waals surface area contributed by atoms with Crippen LogP contribution >= 0.6 is 24.2 Å². The highest BCUT2D eigenvalue weighted by atomic mass is 35.5. The number of aromatic amines is 1. The third kappa shape index (κ3) is 6.14. The SMILES string of the molecule is CC(=O)N1CCC(COc2cc(F)c3c(=O)[nH]c(CSC4CCNCC4)nc3c2)CC1.Cl. The van der Waals surface area contributed by atoms with Crippen molar-refractivity contribution < 1.29 is 13.9 Å². The fourth-order valence-electron chi connectivity index (χ4n) is 4.19. The van der Waals surface area contributed by atoms with Gasteiger partial charge in [0.15, 0.2) is 0 Å². The molecule has 4 rings (SSSR count).